The van der Waals surface area contributed by atoms with Crippen LogP contribution in [0.4, 0.5) is 0 Å². The molecule has 132 valence electrons. The maximum atomic E-state index is 12.6. The lowest BCUT2D eigenvalue weighted by atomic mass is 9.88. The molecule has 2 fully saturated rings. The lowest BCUT2D eigenvalue weighted by molar-refractivity contribution is -0.141. The van der Waals surface area contributed by atoms with Crippen LogP contribution in [0.1, 0.15) is 31.2 Å². The number of rotatable bonds is 3. The van der Waals surface area contributed by atoms with Crippen molar-refractivity contribution in [3.63, 3.8) is 0 Å². The lowest BCUT2D eigenvalue weighted by Gasteiger charge is -2.35. The Morgan fingerprint density at radius 2 is 2.04 bits per heavy atom. The van der Waals surface area contributed by atoms with Crippen LogP contribution in [0.15, 0.2) is 36.5 Å². The maximum Gasteiger partial charge on any atom is 0.228 e. The summed E-state index contributed by atoms with van der Waals surface area (Å²) in [6.07, 6.45) is 7.12. The number of piperidine rings is 1. The molecule has 2 aromatic rings. The number of nitrogens with zero attached hydrogens (tertiary/aromatic N) is 2. The van der Waals surface area contributed by atoms with Gasteiger partial charge >= 0.3 is 0 Å². The Morgan fingerprint density at radius 3 is 2.84 bits per heavy atom. The van der Waals surface area contributed by atoms with Gasteiger partial charge in [0.25, 0.3) is 0 Å². The third kappa shape index (κ3) is 3.69. The Hall–Kier alpha value is -1.94. The molecule has 4 heteroatoms. The number of benzene rings is 1. The van der Waals surface area contributed by atoms with Crippen LogP contribution in [-0.2, 0) is 16.0 Å². The topological polar surface area (TPSA) is 42.4 Å². The Labute approximate surface area is 149 Å². The van der Waals surface area contributed by atoms with Crippen molar-refractivity contribution in [3.8, 4) is 0 Å². The van der Waals surface area contributed by atoms with Gasteiger partial charge in [0.05, 0.1) is 18.0 Å². The summed E-state index contributed by atoms with van der Waals surface area (Å²) in [5, 5.41) is 1.27. The molecule has 0 spiro atoms. The third-order valence-corrected chi connectivity index (χ3v) is 5.68. The summed E-state index contributed by atoms with van der Waals surface area (Å²) in [5.74, 6) is 1.06. The second-order valence-electron chi connectivity index (χ2n) is 7.37. The van der Waals surface area contributed by atoms with Crippen LogP contribution >= 0.6 is 0 Å². The van der Waals surface area contributed by atoms with Crippen molar-refractivity contribution in [2.75, 3.05) is 26.3 Å². The van der Waals surface area contributed by atoms with Crippen LogP contribution < -0.4 is 0 Å². The van der Waals surface area contributed by atoms with Crippen molar-refractivity contribution in [2.45, 2.75) is 32.1 Å². The molecule has 1 amide bonds. The van der Waals surface area contributed by atoms with Gasteiger partial charge in [0, 0.05) is 31.3 Å². The highest BCUT2D eigenvalue weighted by molar-refractivity contribution is 5.82. The first-order valence-corrected chi connectivity index (χ1v) is 9.50. The van der Waals surface area contributed by atoms with E-state index < -0.39 is 0 Å². The highest BCUT2D eigenvalue weighted by atomic mass is 16.5. The fourth-order valence-electron chi connectivity index (χ4n) is 4.21. The molecule has 3 heterocycles. The molecule has 0 N–H and O–H groups in total. The molecule has 1 aromatic carbocycles. The number of ether oxygens (including phenoxy) is 1. The lowest BCUT2D eigenvalue weighted by Crippen LogP contribution is -2.44. The summed E-state index contributed by atoms with van der Waals surface area (Å²) < 4.78 is 5.48. The highest BCUT2D eigenvalue weighted by Crippen LogP contribution is 2.27. The van der Waals surface area contributed by atoms with E-state index in [0.717, 1.165) is 57.3 Å². The van der Waals surface area contributed by atoms with E-state index in [1.165, 1.54) is 10.9 Å². The summed E-state index contributed by atoms with van der Waals surface area (Å²) in [6.45, 7) is 3.21. The third-order valence-electron chi connectivity index (χ3n) is 5.68. The molecule has 25 heavy (non-hydrogen) atoms. The molecule has 1 aromatic heterocycles. The summed E-state index contributed by atoms with van der Waals surface area (Å²) >= 11 is 0. The monoisotopic (exact) mass is 338 g/mol. The van der Waals surface area contributed by atoms with Crippen LogP contribution in [0, 0.1) is 11.8 Å². The molecule has 4 nitrogen and oxygen atoms in total. The molecular formula is C21H26N2O2. The van der Waals surface area contributed by atoms with Crippen LogP contribution in [0.5, 0.6) is 0 Å². The number of amides is 1. The molecule has 4 rings (SSSR count). The normalized spacial score (nSPS) is 22.2. The second-order valence-corrected chi connectivity index (χ2v) is 7.37. The smallest absolute Gasteiger partial charge is 0.228 e. The van der Waals surface area contributed by atoms with E-state index in [4.69, 9.17) is 4.74 Å². The standard InChI is InChI=1S/C21H26N2O2/c24-21(18-5-3-13-25-15-18)23-11-8-16(9-12-23)14-17-4-1-7-20-19(17)6-2-10-22-20/h1-2,4,6-7,10,16,18H,3,5,8-9,11-15H2. The van der Waals surface area contributed by atoms with E-state index in [1.807, 2.05) is 12.3 Å². The van der Waals surface area contributed by atoms with Crippen LogP contribution in [-0.4, -0.2) is 42.1 Å². The van der Waals surface area contributed by atoms with Crippen LogP contribution in [0.25, 0.3) is 10.9 Å². The van der Waals surface area contributed by atoms with E-state index in [0.29, 0.717) is 18.4 Å². The van der Waals surface area contributed by atoms with Crippen molar-refractivity contribution >= 4 is 16.8 Å². The van der Waals surface area contributed by atoms with Gasteiger partial charge in [-0.05, 0) is 55.7 Å². The number of hydrogen-bond donors (Lipinski definition) is 0. The first-order chi connectivity index (χ1) is 12.3. The average molecular weight is 338 g/mol. The van der Waals surface area contributed by atoms with Crippen molar-refractivity contribution < 1.29 is 9.53 Å². The Balaban J connectivity index is 1.36. The number of hydrogen-bond acceptors (Lipinski definition) is 3. The molecule has 2 aliphatic rings. The van der Waals surface area contributed by atoms with Crippen molar-refractivity contribution in [3.05, 3.63) is 42.1 Å². The Kier molecular flexibility index (Phi) is 4.97. The zero-order valence-electron chi connectivity index (χ0n) is 14.7. The Morgan fingerprint density at radius 1 is 1.16 bits per heavy atom. The van der Waals surface area contributed by atoms with Crippen LogP contribution in [0.3, 0.4) is 0 Å². The summed E-state index contributed by atoms with van der Waals surface area (Å²) in [4.78, 5) is 19.2. The summed E-state index contributed by atoms with van der Waals surface area (Å²) in [7, 11) is 0. The Bertz CT molecular complexity index is 726. The highest BCUT2D eigenvalue weighted by Gasteiger charge is 2.29. The first kappa shape index (κ1) is 16.5. The predicted octanol–water partition coefficient (Wildman–Crippen LogP) is 3.44. The summed E-state index contributed by atoms with van der Waals surface area (Å²) in [6, 6.07) is 10.6. The van der Waals surface area contributed by atoms with E-state index in [-0.39, 0.29) is 5.92 Å². The van der Waals surface area contributed by atoms with Gasteiger partial charge in [0.15, 0.2) is 0 Å². The van der Waals surface area contributed by atoms with Gasteiger partial charge in [-0.1, -0.05) is 18.2 Å². The minimum absolute atomic E-state index is 0.0921. The predicted molar refractivity (Wildman–Crippen MR) is 98.3 cm³/mol. The number of aromatic nitrogens is 1. The van der Waals surface area contributed by atoms with Gasteiger partial charge in [-0.25, -0.2) is 0 Å². The van der Waals surface area contributed by atoms with Gasteiger partial charge in [0.2, 0.25) is 5.91 Å². The largest absolute Gasteiger partial charge is 0.381 e. The molecule has 2 aliphatic heterocycles. The van der Waals surface area contributed by atoms with Gasteiger partial charge in [-0.2, -0.15) is 0 Å². The molecule has 1 atom stereocenters. The first-order valence-electron chi connectivity index (χ1n) is 9.50. The molecule has 0 bridgehead atoms. The fraction of sp³-hybridized carbons (Fsp3) is 0.524. The number of pyridine rings is 1. The maximum absolute atomic E-state index is 12.6. The average Bonchev–Trinajstić information content (AvgIpc) is 2.69. The number of fused-ring (bicyclic) bond motifs is 1. The summed E-state index contributed by atoms with van der Waals surface area (Å²) in [5.41, 5.74) is 2.46. The number of carbonyl (C=O) groups excluding carboxylic acids is 1. The van der Waals surface area contributed by atoms with E-state index >= 15 is 0 Å². The fourth-order valence-corrected chi connectivity index (χ4v) is 4.21. The zero-order chi connectivity index (χ0) is 17.1. The molecule has 0 aliphatic carbocycles. The van der Waals surface area contributed by atoms with Gasteiger partial charge in [0.1, 0.15) is 0 Å². The van der Waals surface area contributed by atoms with E-state index in [1.54, 1.807) is 0 Å². The minimum Gasteiger partial charge on any atom is -0.381 e. The molecule has 0 saturated carbocycles. The van der Waals surface area contributed by atoms with Crippen LogP contribution in [0.2, 0.25) is 0 Å². The van der Waals surface area contributed by atoms with Gasteiger partial charge in [-0.15, -0.1) is 0 Å². The van der Waals surface area contributed by atoms with E-state index in [2.05, 4.69) is 34.1 Å². The number of likely N-dealkylation sites (tertiary alicyclic amines) is 1. The second kappa shape index (κ2) is 7.52. The molecular weight excluding hydrogens is 312 g/mol. The molecule has 1 unspecified atom stereocenters. The van der Waals surface area contributed by atoms with Gasteiger partial charge < -0.3 is 9.64 Å². The number of carbonyl (C=O) groups is 1. The zero-order valence-corrected chi connectivity index (χ0v) is 14.7. The SMILES string of the molecule is O=C(C1CCCOC1)N1CCC(Cc2cccc3ncccc23)CC1. The van der Waals surface area contributed by atoms with Crippen molar-refractivity contribution in [1.82, 2.24) is 9.88 Å². The quantitative estimate of drug-likeness (QED) is 0.861. The van der Waals surface area contributed by atoms with E-state index in [9.17, 15) is 4.79 Å². The van der Waals surface area contributed by atoms with Crippen molar-refractivity contribution in [2.24, 2.45) is 11.8 Å². The molecule has 2 saturated heterocycles. The van der Waals surface area contributed by atoms with Crippen molar-refractivity contribution in [1.29, 1.82) is 0 Å². The molecule has 0 radical (unpaired) electrons. The van der Waals surface area contributed by atoms with Gasteiger partial charge in [-0.3, -0.25) is 9.78 Å². The minimum atomic E-state index is 0.0921.